The molecule has 106 valence electrons. The van der Waals surface area contributed by atoms with Crippen molar-refractivity contribution in [2.24, 2.45) is 0 Å². The highest BCUT2D eigenvalue weighted by atomic mass is 16.5. The molecule has 0 saturated carbocycles. The Morgan fingerprint density at radius 1 is 1.53 bits per heavy atom. The zero-order chi connectivity index (χ0) is 14.6. The first-order valence-corrected chi connectivity index (χ1v) is 5.46. The highest BCUT2D eigenvalue weighted by molar-refractivity contribution is 6.06. The summed E-state index contributed by atoms with van der Waals surface area (Å²) < 4.78 is 4.64. The van der Waals surface area contributed by atoms with Crippen LogP contribution < -0.4 is 10.6 Å². The third kappa shape index (κ3) is 3.65. The monoisotopic (exact) mass is 273 g/mol. The van der Waals surface area contributed by atoms with E-state index in [0.29, 0.717) is 0 Å². The van der Waals surface area contributed by atoms with Crippen molar-refractivity contribution in [1.82, 2.24) is 15.5 Å². The molecule has 3 N–H and O–H groups in total. The number of nitrogens with zero attached hydrogens (tertiary/aromatic N) is 1. The third-order valence-corrected chi connectivity index (χ3v) is 2.62. The molecule has 0 aromatic rings. The highest BCUT2D eigenvalue weighted by Crippen LogP contribution is 2.10. The van der Waals surface area contributed by atoms with Gasteiger partial charge in [-0.1, -0.05) is 0 Å². The minimum absolute atomic E-state index is 0.134. The molecule has 1 rings (SSSR count). The molecule has 19 heavy (non-hydrogen) atoms. The molecule has 0 bridgehead atoms. The van der Waals surface area contributed by atoms with E-state index in [4.69, 9.17) is 5.11 Å². The maximum absolute atomic E-state index is 11.5. The zero-order valence-corrected chi connectivity index (χ0v) is 10.5. The van der Waals surface area contributed by atoms with Crippen molar-refractivity contribution < 1.29 is 29.0 Å². The van der Waals surface area contributed by atoms with Crippen LogP contribution in [0.25, 0.3) is 0 Å². The fourth-order valence-corrected chi connectivity index (χ4v) is 1.57. The predicted octanol–water partition coefficient (Wildman–Crippen LogP) is -1.86. The van der Waals surface area contributed by atoms with Gasteiger partial charge in [-0.15, -0.1) is 0 Å². The topological polar surface area (TPSA) is 125 Å². The molecule has 2 unspecified atom stereocenters. The van der Waals surface area contributed by atoms with Gasteiger partial charge < -0.3 is 20.5 Å². The first-order chi connectivity index (χ1) is 8.86. The number of nitrogens with one attached hydrogen (secondary N) is 2. The number of carbonyl (C=O) groups is 4. The van der Waals surface area contributed by atoms with Gasteiger partial charge in [-0.05, 0) is 0 Å². The van der Waals surface area contributed by atoms with Crippen LogP contribution in [0.1, 0.15) is 6.42 Å². The molecule has 1 fully saturated rings. The van der Waals surface area contributed by atoms with Crippen molar-refractivity contribution in [3.63, 3.8) is 0 Å². The van der Waals surface area contributed by atoms with E-state index < -0.39 is 35.9 Å². The molecule has 2 atom stereocenters. The molecule has 1 aliphatic rings. The van der Waals surface area contributed by atoms with Gasteiger partial charge >= 0.3 is 12.0 Å². The second kappa shape index (κ2) is 6.14. The molecule has 0 spiro atoms. The molecule has 4 amide bonds. The van der Waals surface area contributed by atoms with E-state index in [2.05, 4.69) is 15.4 Å². The summed E-state index contributed by atoms with van der Waals surface area (Å²) in [5.74, 6) is -2.19. The molecule has 1 aliphatic heterocycles. The lowest BCUT2D eigenvalue weighted by atomic mass is 10.2. The predicted molar refractivity (Wildman–Crippen MR) is 61.1 cm³/mol. The smallest absolute Gasteiger partial charge is 0.328 e. The lowest BCUT2D eigenvalue weighted by Gasteiger charge is -2.16. The van der Waals surface area contributed by atoms with Gasteiger partial charge in [0.1, 0.15) is 6.04 Å². The van der Waals surface area contributed by atoms with Crippen molar-refractivity contribution in [3.05, 3.63) is 0 Å². The molecule has 0 aromatic heterocycles. The average molecular weight is 273 g/mol. The summed E-state index contributed by atoms with van der Waals surface area (Å²) in [6, 6.07) is -3.03. The van der Waals surface area contributed by atoms with Crippen LogP contribution in [0.2, 0.25) is 0 Å². The number of hydrogen-bond acceptors (Lipinski definition) is 5. The van der Waals surface area contributed by atoms with Gasteiger partial charge in [0, 0.05) is 14.2 Å². The number of carbonyl (C=O) groups excluding carboxylic acids is 3. The summed E-state index contributed by atoms with van der Waals surface area (Å²) in [5.41, 5.74) is 0. The van der Waals surface area contributed by atoms with E-state index >= 15 is 0 Å². The Labute approximate surface area is 108 Å². The Morgan fingerprint density at radius 2 is 2.16 bits per heavy atom. The number of ether oxygens (including phenoxy) is 1. The van der Waals surface area contributed by atoms with E-state index in [1.165, 1.54) is 14.2 Å². The number of imide groups is 1. The van der Waals surface area contributed by atoms with E-state index in [9.17, 15) is 19.2 Å². The van der Waals surface area contributed by atoms with Crippen molar-refractivity contribution in [3.8, 4) is 0 Å². The van der Waals surface area contributed by atoms with Gasteiger partial charge in [-0.2, -0.15) is 0 Å². The zero-order valence-electron chi connectivity index (χ0n) is 10.5. The van der Waals surface area contributed by atoms with Gasteiger partial charge in [0.2, 0.25) is 5.91 Å². The van der Waals surface area contributed by atoms with Crippen LogP contribution in [0.3, 0.4) is 0 Å². The highest BCUT2D eigenvalue weighted by Gasteiger charge is 2.37. The number of rotatable bonds is 5. The van der Waals surface area contributed by atoms with E-state index in [1.807, 2.05) is 0 Å². The number of likely N-dealkylation sites (tertiary alicyclic amines) is 1. The quantitative estimate of drug-likeness (QED) is 0.505. The summed E-state index contributed by atoms with van der Waals surface area (Å²) in [5, 5.41) is 13.2. The van der Waals surface area contributed by atoms with Crippen LogP contribution in [0, 0.1) is 0 Å². The van der Waals surface area contributed by atoms with E-state index in [1.54, 1.807) is 0 Å². The van der Waals surface area contributed by atoms with Crippen LogP contribution in [0.4, 0.5) is 4.79 Å². The molecule has 1 heterocycles. The Hall–Kier alpha value is -2.16. The molecule has 9 heteroatoms. The number of carboxylic acid groups (broad SMARTS) is 1. The molecular weight excluding hydrogens is 258 g/mol. The van der Waals surface area contributed by atoms with Gasteiger partial charge in [0.25, 0.3) is 5.91 Å². The van der Waals surface area contributed by atoms with Gasteiger partial charge in [-0.3, -0.25) is 14.5 Å². The SMILES string of the molecule is COCC(NC(=O)NC1CC(=O)N(C)C1=O)C(=O)O. The minimum atomic E-state index is -1.26. The molecule has 1 saturated heterocycles. The first-order valence-electron chi connectivity index (χ1n) is 5.46. The summed E-state index contributed by atoms with van der Waals surface area (Å²) in [7, 11) is 2.61. The molecule has 9 nitrogen and oxygen atoms in total. The van der Waals surface area contributed by atoms with Crippen molar-refractivity contribution in [1.29, 1.82) is 0 Å². The Morgan fingerprint density at radius 3 is 2.58 bits per heavy atom. The number of methoxy groups -OCH3 is 1. The van der Waals surface area contributed by atoms with E-state index in [0.717, 1.165) is 4.90 Å². The summed E-state index contributed by atoms with van der Waals surface area (Å²) in [6.45, 7) is -0.208. The van der Waals surface area contributed by atoms with Gasteiger partial charge in [0.05, 0.1) is 13.0 Å². The maximum Gasteiger partial charge on any atom is 0.328 e. The molecular formula is C10H15N3O6. The van der Waals surface area contributed by atoms with Crippen LogP contribution in [-0.4, -0.2) is 66.7 Å². The Bertz CT molecular complexity index is 410. The molecule has 0 aromatic carbocycles. The number of urea groups is 1. The van der Waals surface area contributed by atoms with Crippen LogP contribution in [-0.2, 0) is 19.1 Å². The normalized spacial score (nSPS) is 20.3. The molecule has 0 radical (unpaired) electrons. The number of amides is 4. The number of carboxylic acids is 1. The first kappa shape index (κ1) is 14.9. The van der Waals surface area contributed by atoms with Gasteiger partial charge in [0.15, 0.2) is 6.04 Å². The largest absolute Gasteiger partial charge is 0.480 e. The average Bonchev–Trinajstić information content (AvgIpc) is 2.56. The standard InChI is InChI=1S/C10H15N3O6/c1-13-7(14)3-5(8(13)15)11-10(18)12-6(4-19-2)9(16)17/h5-6H,3-4H2,1-2H3,(H,16,17)(H2,11,12,18). The number of hydrogen-bond donors (Lipinski definition) is 3. The summed E-state index contributed by atoms with van der Waals surface area (Å²) >= 11 is 0. The number of aliphatic carboxylic acids is 1. The van der Waals surface area contributed by atoms with Crippen molar-refractivity contribution in [2.75, 3.05) is 20.8 Å². The lowest BCUT2D eigenvalue weighted by molar-refractivity contribution is -0.140. The van der Waals surface area contributed by atoms with Crippen molar-refractivity contribution in [2.45, 2.75) is 18.5 Å². The summed E-state index contributed by atoms with van der Waals surface area (Å²) in [6.07, 6.45) is -0.134. The Kier molecular flexibility index (Phi) is 4.81. The van der Waals surface area contributed by atoms with Gasteiger partial charge in [-0.25, -0.2) is 9.59 Å². The third-order valence-electron chi connectivity index (χ3n) is 2.62. The second-order valence-corrected chi connectivity index (χ2v) is 4.01. The summed E-state index contributed by atoms with van der Waals surface area (Å²) in [4.78, 5) is 46.0. The maximum atomic E-state index is 11.5. The van der Waals surface area contributed by atoms with Crippen LogP contribution in [0.5, 0.6) is 0 Å². The molecule has 0 aliphatic carbocycles. The Balaban J connectivity index is 2.54. The fourth-order valence-electron chi connectivity index (χ4n) is 1.57. The van der Waals surface area contributed by atoms with Crippen molar-refractivity contribution >= 4 is 23.8 Å². The van der Waals surface area contributed by atoms with E-state index in [-0.39, 0.29) is 13.0 Å². The second-order valence-electron chi connectivity index (χ2n) is 4.01. The minimum Gasteiger partial charge on any atom is -0.480 e. The van der Waals surface area contributed by atoms with Crippen LogP contribution >= 0.6 is 0 Å². The fraction of sp³-hybridized carbons (Fsp3) is 0.600. The lowest BCUT2D eigenvalue weighted by Crippen LogP contribution is -2.52. The van der Waals surface area contributed by atoms with Crippen LogP contribution in [0.15, 0.2) is 0 Å². The number of likely N-dealkylation sites (N-methyl/N-ethyl adjacent to an activating group) is 1.